The first-order valence-corrected chi connectivity index (χ1v) is 10.7. The molecule has 0 saturated carbocycles. The van der Waals surface area contributed by atoms with Crippen molar-refractivity contribution in [3.63, 3.8) is 0 Å². The standard InChI is InChI=1S/C21H16ClNO5S2/c1-11(24)27-20(26)18-21(30-17-10-16(25)23(17)18)28-15-8-4-13(5-9-15)19(29)12-2-6-14(22)7-3-12/h2-9,11,17,24H,10H2,1H3/t11-,17-/m1/s1. The number of hydrogen-bond acceptors (Lipinski definition) is 7. The minimum absolute atomic E-state index is 0.0166. The molecule has 0 unspecified atom stereocenters. The van der Waals surface area contributed by atoms with Crippen molar-refractivity contribution in [3.05, 3.63) is 75.5 Å². The summed E-state index contributed by atoms with van der Waals surface area (Å²) in [6.45, 7) is 1.32. The number of thiocarbonyl (C=S) groups is 1. The van der Waals surface area contributed by atoms with Crippen molar-refractivity contribution in [2.45, 2.75) is 25.0 Å². The first-order chi connectivity index (χ1) is 14.3. The third-order valence-corrected chi connectivity index (χ3v) is 6.35. The van der Waals surface area contributed by atoms with Gasteiger partial charge in [0.1, 0.15) is 5.75 Å². The highest BCUT2D eigenvalue weighted by Gasteiger charge is 2.50. The van der Waals surface area contributed by atoms with Crippen LogP contribution in [0.25, 0.3) is 0 Å². The number of fused-ring (bicyclic) bond motifs is 1. The van der Waals surface area contributed by atoms with Crippen LogP contribution in [-0.2, 0) is 14.3 Å². The van der Waals surface area contributed by atoms with E-state index in [0.29, 0.717) is 22.1 Å². The summed E-state index contributed by atoms with van der Waals surface area (Å²) in [6.07, 6.45) is -0.975. The van der Waals surface area contributed by atoms with Crippen molar-refractivity contribution in [1.29, 1.82) is 0 Å². The second-order valence-electron chi connectivity index (χ2n) is 6.64. The van der Waals surface area contributed by atoms with E-state index in [1.54, 1.807) is 24.3 Å². The highest BCUT2D eigenvalue weighted by molar-refractivity contribution is 8.03. The lowest BCUT2D eigenvalue weighted by Gasteiger charge is -2.33. The second kappa shape index (κ2) is 8.39. The molecule has 6 nitrogen and oxygen atoms in total. The van der Waals surface area contributed by atoms with E-state index < -0.39 is 12.3 Å². The highest BCUT2D eigenvalue weighted by atomic mass is 35.5. The number of β-lactam (4-membered cyclic amide) rings is 1. The molecule has 1 saturated heterocycles. The van der Waals surface area contributed by atoms with Gasteiger partial charge in [-0.2, -0.15) is 0 Å². The first kappa shape index (κ1) is 20.9. The lowest BCUT2D eigenvalue weighted by Crippen LogP contribution is -2.48. The Morgan fingerprint density at radius 1 is 1.20 bits per heavy atom. The predicted molar refractivity (Wildman–Crippen MR) is 117 cm³/mol. The Bertz CT molecular complexity index is 1050. The molecule has 2 aliphatic rings. The number of aliphatic hydroxyl groups excluding tert-OH is 1. The number of esters is 1. The Labute approximate surface area is 187 Å². The molecule has 0 radical (unpaired) electrons. The van der Waals surface area contributed by atoms with Crippen molar-refractivity contribution in [3.8, 4) is 5.75 Å². The van der Waals surface area contributed by atoms with Gasteiger partial charge in [-0.15, -0.1) is 0 Å². The summed E-state index contributed by atoms with van der Waals surface area (Å²) < 4.78 is 10.7. The number of aliphatic hydroxyl groups is 1. The average molecular weight is 462 g/mol. The SMILES string of the molecule is C[C@H](O)OC(=O)C1=C(Oc2ccc(C(=S)c3ccc(Cl)cc3)cc2)S[C@@H]2CC(=O)N12. The van der Waals surface area contributed by atoms with Crippen LogP contribution in [0.5, 0.6) is 5.75 Å². The number of rotatable bonds is 6. The summed E-state index contributed by atoms with van der Waals surface area (Å²) in [4.78, 5) is 26.3. The molecule has 2 aliphatic heterocycles. The van der Waals surface area contributed by atoms with Crippen LogP contribution in [0, 0.1) is 0 Å². The molecule has 1 amide bonds. The fraction of sp³-hybridized carbons (Fsp3) is 0.190. The van der Waals surface area contributed by atoms with Gasteiger partial charge in [-0.1, -0.05) is 47.7 Å². The Kier molecular flexibility index (Phi) is 5.84. The summed E-state index contributed by atoms with van der Waals surface area (Å²) in [5.41, 5.74) is 1.73. The Balaban J connectivity index is 1.54. The smallest absolute Gasteiger partial charge is 0.361 e. The van der Waals surface area contributed by atoms with E-state index >= 15 is 0 Å². The minimum Gasteiger partial charge on any atom is -0.448 e. The third kappa shape index (κ3) is 4.09. The fourth-order valence-corrected chi connectivity index (χ4v) is 4.68. The van der Waals surface area contributed by atoms with Gasteiger partial charge in [-0.05, 0) is 54.4 Å². The molecule has 9 heteroatoms. The van der Waals surface area contributed by atoms with Crippen molar-refractivity contribution >= 4 is 52.3 Å². The number of carbonyl (C=O) groups is 2. The minimum atomic E-state index is -1.29. The van der Waals surface area contributed by atoms with E-state index in [2.05, 4.69) is 0 Å². The van der Waals surface area contributed by atoms with Gasteiger partial charge in [0.15, 0.2) is 17.1 Å². The van der Waals surface area contributed by atoms with E-state index in [4.69, 9.17) is 33.3 Å². The zero-order valence-corrected chi connectivity index (χ0v) is 18.1. The second-order valence-corrected chi connectivity index (χ2v) is 8.64. The number of ether oxygens (including phenoxy) is 2. The molecule has 0 aromatic heterocycles. The molecule has 2 aromatic rings. The van der Waals surface area contributed by atoms with Gasteiger partial charge in [0.05, 0.1) is 16.7 Å². The number of amides is 1. The number of nitrogens with zero attached hydrogens (tertiary/aromatic N) is 1. The molecule has 0 spiro atoms. The maximum atomic E-state index is 12.4. The molecule has 4 rings (SSSR count). The van der Waals surface area contributed by atoms with Gasteiger partial charge in [0.25, 0.3) is 0 Å². The van der Waals surface area contributed by atoms with Crippen LogP contribution in [0.3, 0.4) is 0 Å². The molecule has 2 atom stereocenters. The molecular weight excluding hydrogens is 446 g/mol. The molecule has 1 N–H and O–H groups in total. The summed E-state index contributed by atoms with van der Waals surface area (Å²) in [5.74, 6) is -0.506. The largest absolute Gasteiger partial charge is 0.448 e. The average Bonchev–Trinajstić information content (AvgIpc) is 3.00. The number of benzene rings is 2. The molecule has 30 heavy (non-hydrogen) atoms. The van der Waals surface area contributed by atoms with Crippen LogP contribution >= 0.6 is 35.6 Å². The predicted octanol–water partition coefficient (Wildman–Crippen LogP) is 3.84. The molecule has 2 aromatic carbocycles. The summed E-state index contributed by atoms with van der Waals surface area (Å²) in [5, 5.41) is 10.1. The van der Waals surface area contributed by atoms with Gasteiger partial charge in [-0.3, -0.25) is 9.69 Å². The number of halogens is 1. The zero-order valence-electron chi connectivity index (χ0n) is 15.7. The normalized spacial score (nSPS) is 18.6. The van der Waals surface area contributed by atoms with Crippen molar-refractivity contribution in [2.24, 2.45) is 0 Å². The fourth-order valence-electron chi connectivity index (χ4n) is 3.04. The number of hydrogen-bond donors (Lipinski definition) is 1. The van der Waals surface area contributed by atoms with Gasteiger partial charge >= 0.3 is 5.97 Å². The van der Waals surface area contributed by atoms with Crippen molar-refractivity contribution in [1.82, 2.24) is 4.90 Å². The molecule has 2 heterocycles. The van der Waals surface area contributed by atoms with E-state index in [9.17, 15) is 14.7 Å². The van der Waals surface area contributed by atoms with Crippen molar-refractivity contribution < 1.29 is 24.2 Å². The number of thioether (sulfide) groups is 1. The van der Waals surface area contributed by atoms with Crippen LogP contribution in [-0.4, -0.2) is 38.4 Å². The maximum Gasteiger partial charge on any atom is 0.361 e. The maximum absolute atomic E-state index is 12.4. The van der Waals surface area contributed by atoms with Crippen LogP contribution in [0.4, 0.5) is 0 Å². The molecular formula is C21H16ClNO5S2. The Hall–Kier alpha value is -2.39. The third-order valence-electron chi connectivity index (χ3n) is 4.49. The monoisotopic (exact) mass is 461 g/mol. The molecule has 0 aliphatic carbocycles. The van der Waals surface area contributed by atoms with Gasteiger partial charge in [0.2, 0.25) is 5.91 Å². The highest BCUT2D eigenvalue weighted by Crippen LogP contribution is 2.47. The van der Waals surface area contributed by atoms with Crippen LogP contribution in [0.15, 0.2) is 59.3 Å². The lowest BCUT2D eigenvalue weighted by atomic mass is 10.0. The van der Waals surface area contributed by atoms with E-state index in [1.165, 1.54) is 23.6 Å². The van der Waals surface area contributed by atoms with Crippen LogP contribution in [0.1, 0.15) is 24.5 Å². The van der Waals surface area contributed by atoms with Crippen LogP contribution in [0.2, 0.25) is 5.02 Å². The van der Waals surface area contributed by atoms with E-state index in [1.807, 2.05) is 24.3 Å². The van der Waals surface area contributed by atoms with Crippen LogP contribution < -0.4 is 4.74 Å². The Morgan fingerprint density at radius 3 is 2.37 bits per heavy atom. The van der Waals surface area contributed by atoms with Gasteiger partial charge in [-0.25, -0.2) is 4.79 Å². The van der Waals surface area contributed by atoms with Gasteiger partial charge in [0, 0.05) is 5.02 Å². The summed E-state index contributed by atoms with van der Waals surface area (Å²) >= 11 is 12.7. The molecule has 0 bridgehead atoms. The molecule has 154 valence electrons. The number of carbonyl (C=O) groups excluding carboxylic acids is 2. The van der Waals surface area contributed by atoms with Gasteiger partial charge < -0.3 is 14.6 Å². The van der Waals surface area contributed by atoms with Crippen molar-refractivity contribution in [2.75, 3.05) is 0 Å². The van der Waals surface area contributed by atoms with E-state index in [-0.39, 0.29) is 22.1 Å². The van der Waals surface area contributed by atoms with E-state index in [0.717, 1.165) is 11.1 Å². The first-order valence-electron chi connectivity index (χ1n) is 9.03. The molecule has 1 fully saturated rings. The summed E-state index contributed by atoms with van der Waals surface area (Å²) in [6, 6.07) is 14.4. The topological polar surface area (TPSA) is 76.1 Å². The zero-order chi connectivity index (χ0) is 21.4. The Morgan fingerprint density at radius 2 is 1.80 bits per heavy atom. The summed E-state index contributed by atoms with van der Waals surface area (Å²) in [7, 11) is 0. The quantitative estimate of drug-likeness (QED) is 0.230. The lowest BCUT2D eigenvalue weighted by molar-refractivity contribution is -0.165.